The van der Waals surface area contributed by atoms with Gasteiger partial charge in [0, 0.05) is 17.3 Å². The van der Waals surface area contributed by atoms with E-state index in [2.05, 4.69) is 10.6 Å². The minimum atomic E-state index is -0.522. The van der Waals surface area contributed by atoms with Gasteiger partial charge in [0.25, 0.3) is 0 Å². The summed E-state index contributed by atoms with van der Waals surface area (Å²) in [5.74, 6) is 0. The van der Waals surface area contributed by atoms with E-state index >= 15 is 0 Å². The number of halogens is 1. The fourth-order valence-corrected chi connectivity index (χ4v) is 1.87. The standard InChI is InChI=1S/C15H24ClN3O2/c1-10(18-14(20)21-15(2,3)4)13(9-17)19-12-7-5-11(16)6-8-12/h5-8,10,13,19H,9,17H2,1-4H3,(H,18,20). The maximum atomic E-state index is 11.8. The highest BCUT2D eigenvalue weighted by Crippen LogP contribution is 2.15. The second kappa shape index (κ2) is 7.52. The largest absolute Gasteiger partial charge is 0.444 e. The van der Waals surface area contributed by atoms with Gasteiger partial charge in [-0.3, -0.25) is 0 Å². The summed E-state index contributed by atoms with van der Waals surface area (Å²) >= 11 is 5.85. The summed E-state index contributed by atoms with van der Waals surface area (Å²) < 4.78 is 5.23. The number of alkyl carbamates (subject to hydrolysis) is 1. The highest BCUT2D eigenvalue weighted by Gasteiger charge is 2.21. The van der Waals surface area contributed by atoms with E-state index in [0.29, 0.717) is 11.6 Å². The first-order chi connectivity index (χ1) is 9.71. The first-order valence-corrected chi connectivity index (χ1v) is 7.31. The van der Waals surface area contributed by atoms with Crippen molar-refractivity contribution in [3.05, 3.63) is 29.3 Å². The van der Waals surface area contributed by atoms with Crippen molar-refractivity contribution in [2.75, 3.05) is 11.9 Å². The zero-order valence-corrected chi connectivity index (χ0v) is 13.7. The highest BCUT2D eigenvalue weighted by molar-refractivity contribution is 6.30. The summed E-state index contributed by atoms with van der Waals surface area (Å²) in [6, 6.07) is 7.03. The van der Waals surface area contributed by atoms with Crippen LogP contribution in [0, 0.1) is 0 Å². The molecule has 0 bridgehead atoms. The van der Waals surface area contributed by atoms with Gasteiger partial charge < -0.3 is 21.1 Å². The van der Waals surface area contributed by atoms with Gasteiger partial charge in [0.1, 0.15) is 5.60 Å². The number of hydrogen-bond acceptors (Lipinski definition) is 4. The van der Waals surface area contributed by atoms with Crippen LogP contribution in [-0.2, 0) is 4.74 Å². The Kier molecular flexibility index (Phi) is 6.30. The van der Waals surface area contributed by atoms with Crippen LogP contribution in [0.2, 0.25) is 5.02 Å². The van der Waals surface area contributed by atoms with Gasteiger partial charge in [0.05, 0.1) is 12.1 Å². The minimum absolute atomic E-state index is 0.112. The summed E-state index contributed by atoms with van der Waals surface area (Å²) in [5, 5.41) is 6.73. The van der Waals surface area contributed by atoms with Crippen LogP contribution in [0.15, 0.2) is 24.3 Å². The SMILES string of the molecule is CC(NC(=O)OC(C)(C)C)C(CN)Nc1ccc(Cl)cc1. The van der Waals surface area contributed by atoms with Gasteiger partial charge >= 0.3 is 6.09 Å². The number of nitrogens with one attached hydrogen (secondary N) is 2. The maximum Gasteiger partial charge on any atom is 0.407 e. The fourth-order valence-electron chi connectivity index (χ4n) is 1.74. The van der Waals surface area contributed by atoms with E-state index in [1.54, 1.807) is 12.1 Å². The van der Waals surface area contributed by atoms with E-state index in [-0.39, 0.29) is 12.1 Å². The maximum absolute atomic E-state index is 11.8. The van der Waals surface area contributed by atoms with E-state index in [1.807, 2.05) is 39.8 Å². The summed E-state index contributed by atoms with van der Waals surface area (Å²) in [7, 11) is 0. The molecule has 1 aromatic rings. The third kappa shape index (κ3) is 6.69. The molecule has 0 heterocycles. The number of benzene rings is 1. The number of nitrogens with two attached hydrogens (primary N) is 1. The Morgan fingerprint density at radius 3 is 2.38 bits per heavy atom. The lowest BCUT2D eigenvalue weighted by Gasteiger charge is -2.27. The fraction of sp³-hybridized carbons (Fsp3) is 0.533. The molecule has 2 unspecified atom stereocenters. The van der Waals surface area contributed by atoms with E-state index in [4.69, 9.17) is 22.1 Å². The van der Waals surface area contributed by atoms with Crippen LogP contribution in [0.1, 0.15) is 27.7 Å². The molecule has 118 valence electrons. The highest BCUT2D eigenvalue weighted by atomic mass is 35.5. The van der Waals surface area contributed by atoms with Crippen molar-refractivity contribution >= 4 is 23.4 Å². The third-order valence-electron chi connectivity index (χ3n) is 2.80. The molecule has 0 aliphatic rings. The number of carbonyl (C=O) groups is 1. The smallest absolute Gasteiger partial charge is 0.407 e. The number of rotatable bonds is 5. The Hall–Kier alpha value is -1.46. The summed E-state index contributed by atoms with van der Waals surface area (Å²) in [6.45, 7) is 7.72. The molecule has 0 saturated heterocycles. The van der Waals surface area contributed by atoms with Crippen molar-refractivity contribution in [1.29, 1.82) is 0 Å². The average Bonchev–Trinajstić information content (AvgIpc) is 2.35. The zero-order chi connectivity index (χ0) is 16.0. The Bertz CT molecular complexity index is 457. The Balaban J connectivity index is 2.58. The van der Waals surface area contributed by atoms with Gasteiger partial charge in [0.15, 0.2) is 0 Å². The Morgan fingerprint density at radius 1 is 1.33 bits per heavy atom. The van der Waals surface area contributed by atoms with Crippen LogP contribution in [0.3, 0.4) is 0 Å². The molecule has 0 spiro atoms. The summed E-state index contributed by atoms with van der Waals surface area (Å²) in [5.41, 5.74) is 6.15. The van der Waals surface area contributed by atoms with E-state index in [1.165, 1.54) is 0 Å². The van der Waals surface area contributed by atoms with E-state index < -0.39 is 11.7 Å². The first kappa shape index (κ1) is 17.6. The van der Waals surface area contributed by atoms with Crippen molar-refractivity contribution in [3.63, 3.8) is 0 Å². The molecule has 1 amide bonds. The lowest BCUT2D eigenvalue weighted by atomic mass is 10.1. The molecule has 0 fully saturated rings. The van der Waals surface area contributed by atoms with Crippen molar-refractivity contribution in [1.82, 2.24) is 5.32 Å². The molecule has 2 atom stereocenters. The molecule has 6 heteroatoms. The van der Waals surface area contributed by atoms with E-state index in [0.717, 1.165) is 5.69 Å². The average molecular weight is 314 g/mol. The molecule has 4 N–H and O–H groups in total. The van der Waals surface area contributed by atoms with Gasteiger partial charge in [-0.15, -0.1) is 0 Å². The molecule has 0 aliphatic heterocycles. The molecule has 0 aromatic heterocycles. The molecule has 0 saturated carbocycles. The minimum Gasteiger partial charge on any atom is -0.444 e. The Morgan fingerprint density at radius 2 is 1.90 bits per heavy atom. The van der Waals surface area contributed by atoms with Crippen molar-refractivity contribution < 1.29 is 9.53 Å². The lowest BCUT2D eigenvalue weighted by molar-refractivity contribution is 0.0504. The monoisotopic (exact) mass is 313 g/mol. The van der Waals surface area contributed by atoms with Crippen LogP contribution >= 0.6 is 11.6 Å². The van der Waals surface area contributed by atoms with E-state index in [9.17, 15) is 4.79 Å². The molecular weight excluding hydrogens is 290 g/mol. The predicted octanol–water partition coefficient (Wildman–Crippen LogP) is 2.99. The van der Waals surface area contributed by atoms with Gasteiger partial charge in [-0.05, 0) is 52.0 Å². The topological polar surface area (TPSA) is 76.4 Å². The number of carbonyl (C=O) groups excluding carboxylic acids is 1. The third-order valence-corrected chi connectivity index (χ3v) is 3.05. The first-order valence-electron chi connectivity index (χ1n) is 6.93. The molecule has 5 nitrogen and oxygen atoms in total. The molecular formula is C15H24ClN3O2. The van der Waals surface area contributed by atoms with Crippen molar-refractivity contribution in [3.8, 4) is 0 Å². The van der Waals surface area contributed by atoms with Gasteiger partial charge in [-0.1, -0.05) is 11.6 Å². The van der Waals surface area contributed by atoms with Crippen LogP contribution in [-0.4, -0.2) is 30.3 Å². The quantitative estimate of drug-likeness (QED) is 0.781. The summed E-state index contributed by atoms with van der Waals surface area (Å²) in [6.07, 6.45) is -0.452. The van der Waals surface area contributed by atoms with Crippen molar-refractivity contribution in [2.45, 2.75) is 45.4 Å². The molecule has 1 aromatic carbocycles. The number of anilines is 1. The number of ether oxygens (including phenoxy) is 1. The predicted molar refractivity (Wildman–Crippen MR) is 86.7 cm³/mol. The van der Waals surface area contributed by atoms with Gasteiger partial charge in [-0.2, -0.15) is 0 Å². The summed E-state index contributed by atoms with van der Waals surface area (Å²) in [4.78, 5) is 11.8. The van der Waals surface area contributed by atoms with Crippen molar-refractivity contribution in [2.24, 2.45) is 5.73 Å². The normalized spacial score (nSPS) is 14.2. The second-order valence-electron chi connectivity index (χ2n) is 5.93. The number of amides is 1. The van der Waals surface area contributed by atoms with Gasteiger partial charge in [0.2, 0.25) is 0 Å². The molecule has 1 rings (SSSR count). The zero-order valence-electron chi connectivity index (χ0n) is 12.9. The molecule has 21 heavy (non-hydrogen) atoms. The van der Waals surface area contributed by atoms with Crippen LogP contribution in [0.5, 0.6) is 0 Å². The van der Waals surface area contributed by atoms with Crippen LogP contribution < -0.4 is 16.4 Å². The number of hydrogen-bond donors (Lipinski definition) is 3. The van der Waals surface area contributed by atoms with Crippen LogP contribution in [0.25, 0.3) is 0 Å². The second-order valence-corrected chi connectivity index (χ2v) is 6.36. The molecule has 0 radical (unpaired) electrons. The Labute approximate surface area is 131 Å². The molecule has 0 aliphatic carbocycles. The van der Waals surface area contributed by atoms with Gasteiger partial charge in [-0.25, -0.2) is 4.79 Å². The lowest BCUT2D eigenvalue weighted by Crippen LogP contribution is -2.49. The van der Waals surface area contributed by atoms with Crippen LogP contribution in [0.4, 0.5) is 10.5 Å².